The first kappa shape index (κ1) is 18.0. The second kappa shape index (κ2) is 11.2. The largest absolute Gasteiger partial charge is 0.465 e. The average molecular weight is 244 g/mol. The van der Waals surface area contributed by atoms with Crippen LogP contribution in [0.1, 0.15) is 52.9 Å². The molecule has 94 valence electrons. The van der Waals surface area contributed by atoms with Gasteiger partial charge < -0.3 is 4.74 Å². The van der Waals surface area contributed by atoms with Gasteiger partial charge >= 0.3 is 5.97 Å². The lowest BCUT2D eigenvalue weighted by Gasteiger charge is -2.12. The van der Waals surface area contributed by atoms with Crippen LogP contribution in [-0.4, -0.2) is 35.7 Å². The fourth-order valence-electron chi connectivity index (χ4n) is 1.31. The summed E-state index contributed by atoms with van der Waals surface area (Å²) < 4.78 is 5.04. The van der Waals surface area contributed by atoms with Crippen molar-refractivity contribution >= 4 is 29.1 Å². The van der Waals surface area contributed by atoms with Gasteiger partial charge in [0.25, 0.3) is 0 Å². The standard InChI is InChI=1S/C12H22O3.Al.3H/c1-4-6-8-11(10(3)13)12(14)15-9-7-5-2;;;;/h11H,4-9H2,1-3H3;;;;. The molecule has 0 fully saturated rings. The minimum atomic E-state index is -0.540. The third-order valence-corrected chi connectivity index (χ3v) is 2.36. The molecule has 0 aliphatic heterocycles. The number of Topliss-reactive ketones (excluding diaryl/α,β-unsaturated/α-hetero) is 1. The molecule has 3 nitrogen and oxygen atoms in total. The third-order valence-electron chi connectivity index (χ3n) is 2.36. The second-order valence-corrected chi connectivity index (χ2v) is 3.83. The summed E-state index contributed by atoms with van der Waals surface area (Å²) in [6.45, 7) is 5.97. The Bertz CT molecular complexity index is 204. The van der Waals surface area contributed by atoms with Crippen molar-refractivity contribution in [3.8, 4) is 0 Å². The molecule has 0 rings (SSSR count). The predicted octanol–water partition coefficient (Wildman–Crippen LogP) is 1.54. The highest BCUT2D eigenvalue weighted by atomic mass is 27.0. The molecule has 0 spiro atoms. The lowest BCUT2D eigenvalue weighted by molar-refractivity contribution is -0.152. The Hall–Kier alpha value is -0.328. The van der Waals surface area contributed by atoms with E-state index in [0.29, 0.717) is 13.0 Å². The number of esters is 1. The lowest BCUT2D eigenvalue weighted by atomic mass is 9.98. The van der Waals surface area contributed by atoms with Gasteiger partial charge in [-0.05, 0) is 19.8 Å². The highest BCUT2D eigenvalue weighted by Crippen LogP contribution is 2.12. The molecule has 0 aromatic rings. The highest BCUT2D eigenvalue weighted by Gasteiger charge is 2.23. The molecule has 0 aliphatic carbocycles. The first-order chi connectivity index (χ1) is 7.13. The van der Waals surface area contributed by atoms with Gasteiger partial charge in [0.2, 0.25) is 0 Å². The van der Waals surface area contributed by atoms with Crippen LogP contribution in [0, 0.1) is 5.92 Å². The summed E-state index contributed by atoms with van der Waals surface area (Å²) in [6.07, 6.45) is 4.37. The van der Waals surface area contributed by atoms with Gasteiger partial charge in [0.1, 0.15) is 11.7 Å². The molecule has 0 radical (unpaired) electrons. The molecule has 1 unspecified atom stereocenters. The summed E-state index contributed by atoms with van der Waals surface area (Å²) in [5.74, 6) is -0.962. The maximum absolute atomic E-state index is 11.5. The number of hydrogen-bond donors (Lipinski definition) is 0. The van der Waals surface area contributed by atoms with Gasteiger partial charge in [0.05, 0.1) is 6.61 Å². The van der Waals surface area contributed by atoms with Crippen molar-refractivity contribution in [1.82, 2.24) is 0 Å². The summed E-state index contributed by atoms with van der Waals surface area (Å²) in [5.41, 5.74) is 0. The maximum atomic E-state index is 11.5. The van der Waals surface area contributed by atoms with Crippen LogP contribution in [0.2, 0.25) is 0 Å². The second-order valence-electron chi connectivity index (χ2n) is 3.83. The van der Waals surface area contributed by atoms with Crippen molar-refractivity contribution < 1.29 is 14.3 Å². The first-order valence-electron chi connectivity index (χ1n) is 5.80. The van der Waals surface area contributed by atoms with Crippen molar-refractivity contribution in [2.24, 2.45) is 5.92 Å². The Morgan fingerprint density at radius 1 is 1.12 bits per heavy atom. The molecule has 0 saturated carbocycles. The molecule has 0 N–H and O–H groups in total. The number of ketones is 1. The number of carbonyl (C=O) groups is 2. The van der Waals surface area contributed by atoms with E-state index >= 15 is 0 Å². The van der Waals surface area contributed by atoms with Gasteiger partial charge in [-0.2, -0.15) is 0 Å². The summed E-state index contributed by atoms with van der Waals surface area (Å²) >= 11 is 0. The van der Waals surface area contributed by atoms with Crippen molar-refractivity contribution in [2.45, 2.75) is 52.9 Å². The smallest absolute Gasteiger partial charge is 0.316 e. The van der Waals surface area contributed by atoms with Crippen LogP contribution in [0.15, 0.2) is 0 Å². The van der Waals surface area contributed by atoms with E-state index in [1.165, 1.54) is 6.92 Å². The normalized spacial score (nSPS) is 11.4. The van der Waals surface area contributed by atoms with Gasteiger partial charge in [-0.15, -0.1) is 0 Å². The molecule has 16 heavy (non-hydrogen) atoms. The van der Waals surface area contributed by atoms with Crippen molar-refractivity contribution in [3.63, 3.8) is 0 Å². The predicted molar refractivity (Wildman–Crippen MR) is 69.5 cm³/mol. The first-order valence-corrected chi connectivity index (χ1v) is 5.80. The minimum Gasteiger partial charge on any atom is -0.465 e. The van der Waals surface area contributed by atoms with Crippen molar-refractivity contribution in [2.75, 3.05) is 6.61 Å². The number of hydrogen-bond acceptors (Lipinski definition) is 3. The Morgan fingerprint density at radius 3 is 2.12 bits per heavy atom. The zero-order chi connectivity index (χ0) is 11.7. The van der Waals surface area contributed by atoms with Crippen LogP contribution < -0.4 is 0 Å². The van der Waals surface area contributed by atoms with Gasteiger partial charge in [-0.25, -0.2) is 0 Å². The molecule has 4 heteroatoms. The summed E-state index contributed by atoms with van der Waals surface area (Å²) in [4.78, 5) is 22.7. The van der Waals surface area contributed by atoms with Crippen molar-refractivity contribution in [3.05, 3.63) is 0 Å². The van der Waals surface area contributed by atoms with Crippen LogP contribution in [0.5, 0.6) is 0 Å². The van der Waals surface area contributed by atoms with E-state index in [-0.39, 0.29) is 29.1 Å². The summed E-state index contributed by atoms with van der Waals surface area (Å²) in [5, 5.41) is 0. The zero-order valence-electron chi connectivity index (χ0n) is 10.0. The molecule has 1 atom stereocenters. The van der Waals surface area contributed by atoms with Crippen LogP contribution in [0.4, 0.5) is 0 Å². The lowest BCUT2D eigenvalue weighted by Crippen LogP contribution is -2.24. The van der Waals surface area contributed by atoms with Crippen LogP contribution >= 0.6 is 0 Å². The minimum absolute atomic E-state index is 0. The quantitative estimate of drug-likeness (QED) is 0.281. The van der Waals surface area contributed by atoms with Crippen LogP contribution in [0.3, 0.4) is 0 Å². The molecular weight excluding hydrogens is 219 g/mol. The SMILES string of the molecule is CCCCOC(=O)C(CCCC)C(C)=O.[AlH3]. The summed E-state index contributed by atoms with van der Waals surface area (Å²) in [6, 6.07) is 0. The van der Waals surface area contributed by atoms with E-state index in [1.54, 1.807) is 0 Å². The third kappa shape index (κ3) is 7.90. The Morgan fingerprint density at radius 2 is 1.69 bits per heavy atom. The molecular formula is C12H25AlO3. The van der Waals surface area contributed by atoms with E-state index in [4.69, 9.17) is 4.74 Å². The Kier molecular flexibility index (Phi) is 12.6. The highest BCUT2D eigenvalue weighted by molar-refractivity contribution is 5.97. The topological polar surface area (TPSA) is 43.4 Å². The number of rotatable bonds is 8. The monoisotopic (exact) mass is 244 g/mol. The Balaban J connectivity index is 0. The van der Waals surface area contributed by atoms with Gasteiger partial charge in [0.15, 0.2) is 17.4 Å². The molecule has 0 aliphatic rings. The van der Waals surface area contributed by atoms with Crippen LogP contribution in [0.25, 0.3) is 0 Å². The average Bonchev–Trinajstić information content (AvgIpc) is 2.18. The molecule has 0 saturated heterocycles. The van der Waals surface area contributed by atoms with E-state index < -0.39 is 5.92 Å². The summed E-state index contributed by atoms with van der Waals surface area (Å²) in [7, 11) is 0. The number of carbonyl (C=O) groups excluding carboxylic acids is 2. The molecule has 0 aromatic heterocycles. The van der Waals surface area contributed by atoms with Gasteiger partial charge in [-0.3, -0.25) is 9.59 Å². The van der Waals surface area contributed by atoms with E-state index in [1.807, 2.05) is 13.8 Å². The van der Waals surface area contributed by atoms with E-state index in [2.05, 4.69) is 0 Å². The fourth-order valence-corrected chi connectivity index (χ4v) is 1.31. The van der Waals surface area contributed by atoms with E-state index in [9.17, 15) is 9.59 Å². The van der Waals surface area contributed by atoms with Crippen molar-refractivity contribution in [1.29, 1.82) is 0 Å². The van der Waals surface area contributed by atoms with Gasteiger partial charge in [0, 0.05) is 0 Å². The molecule has 0 aromatic carbocycles. The van der Waals surface area contributed by atoms with Gasteiger partial charge in [-0.1, -0.05) is 33.1 Å². The van der Waals surface area contributed by atoms with Crippen LogP contribution in [-0.2, 0) is 14.3 Å². The molecule has 0 amide bonds. The Labute approximate surface area is 109 Å². The number of unbranched alkanes of at least 4 members (excludes halogenated alkanes) is 2. The van der Waals surface area contributed by atoms with E-state index in [0.717, 1.165) is 25.7 Å². The molecule has 0 bridgehead atoms. The molecule has 0 heterocycles. The zero-order valence-corrected chi connectivity index (χ0v) is 10.0. The maximum Gasteiger partial charge on any atom is 0.316 e. The number of ether oxygens (including phenoxy) is 1. The fraction of sp³-hybridized carbons (Fsp3) is 0.833.